The summed E-state index contributed by atoms with van der Waals surface area (Å²) in [7, 11) is -3.82. The zero-order valence-electron chi connectivity index (χ0n) is 10.0. The molecular formula is C11H12N4O3S. The van der Waals surface area contributed by atoms with Crippen molar-refractivity contribution in [2.75, 3.05) is 4.72 Å². The standard InChI is InChI=1S/C11H12N4O3S/c1-7-13-6-10(14-7)19(17,18)15-9-5-3-2-4-8(9)11(12)16/h2-6,15H,1H3,(H2,12,16)(H,13,14). The van der Waals surface area contributed by atoms with Crippen molar-refractivity contribution in [3.8, 4) is 0 Å². The number of amides is 1. The summed E-state index contributed by atoms with van der Waals surface area (Å²) in [5.41, 5.74) is 5.41. The predicted molar refractivity (Wildman–Crippen MR) is 69.1 cm³/mol. The number of imidazole rings is 1. The number of hydrogen-bond acceptors (Lipinski definition) is 4. The second-order valence-corrected chi connectivity index (χ2v) is 5.50. The molecule has 1 aromatic carbocycles. The predicted octanol–water partition coefficient (Wildman–Crippen LogP) is 0.618. The van der Waals surface area contributed by atoms with Crippen LogP contribution in [0.4, 0.5) is 5.69 Å². The van der Waals surface area contributed by atoms with Crippen LogP contribution in [0.5, 0.6) is 0 Å². The van der Waals surface area contributed by atoms with Gasteiger partial charge in [0.1, 0.15) is 5.82 Å². The first-order chi connectivity index (χ1) is 8.90. The molecule has 1 aromatic heterocycles. The average Bonchev–Trinajstić information content (AvgIpc) is 2.76. The number of nitrogens with zero attached hydrogens (tertiary/aromatic N) is 1. The third kappa shape index (κ3) is 2.74. The molecule has 0 spiro atoms. The number of sulfonamides is 1. The monoisotopic (exact) mass is 280 g/mol. The average molecular weight is 280 g/mol. The van der Waals surface area contributed by atoms with Gasteiger partial charge in [-0.2, -0.15) is 8.42 Å². The molecule has 0 aliphatic rings. The first-order valence-corrected chi connectivity index (χ1v) is 6.82. The van der Waals surface area contributed by atoms with Gasteiger partial charge < -0.3 is 10.7 Å². The Morgan fingerprint density at radius 3 is 2.63 bits per heavy atom. The fourth-order valence-electron chi connectivity index (χ4n) is 1.52. The summed E-state index contributed by atoms with van der Waals surface area (Å²) in [6.45, 7) is 1.64. The Morgan fingerprint density at radius 1 is 1.37 bits per heavy atom. The minimum atomic E-state index is -3.82. The maximum absolute atomic E-state index is 12.1. The molecule has 0 atom stereocenters. The third-order valence-corrected chi connectivity index (χ3v) is 3.68. The molecule has 0 fully saturated rings. The number of primary amides is 1. The topological polar surface area (TPSA) is 118 Å². The Kier molecular flexibility index (Phi) is 3.26. The Labute approximate surface area is 109 Å². The molecule has 0 bridgehead atoms. The van der Waals surface area contributed by atoms with E-state index in [9.17, 15) is 13.2 Å². The summed E-state index contributed by atoms with van der Waals surface area (Å²) in [5.74, 6) is -0.234. The molecular weight excluding hydrogens is 268 g/mol. The number of aryl methyl sites for hydroxylation is 1. The molecule has 7 nitrogen and oxygen atoms in total. The van der Waals surface area contributed by atoms with Gasteiger partial charge in [0.2, 0.25) is 0 Å². The van der Waals surface area contributed by atoms with E-state index in [0.717, 1.165) is 0 Å². The van der Waals surface area contributed by atoms with E-state index in [1.54, 1.807) is 19.1 Å². The zero-order valence-corrected chi connectivity index (χ0v) is 10.9. The molecule has 4 N–H and O–H groups in total. The fraction of sp³-hybridized carbons (Fsp3) is 0.0909. The van der Waals surface area contributed by atoms with Gasteiger partial charge in [-0.1, -0.05) is 12.1 Å². The second-order valence-electron chi connectivity index (χ2n) is 3.85. The van der Waals surface area contributed by atoms with Crippen LogP contribution in [0.1, 0.15) is 16.2 Å². The van der Waals surface area contributed by atoms with Crippen molar-refractivity contribution in [3.63, 3.8) is 0 Å². The lowest BCUT2D eigenvalue weighted by atomic mass is 10.2. The first kappa shape index (κ1) is 13.1. The number of carbonyl (C=O) groups is 1. The van der Waals surface area contributed by atoms with E-state index in [1.165, 1.54) is 18.3 Å². The summed E-state index contributed by atoms with van der Waals surface area (Å²) < 4.78 is 26.4. The highest BCUT2D eigenvalue weighted by atomic mass is 32.2. The minimum Gasteiger partial charge on any atom is -0.366 e. The molecule has 0 saturated carbocycles. The number of hydrogen-bond donors (Lipinski definition) is 3. The Hall–Kier alpha value is -2.35. The van der Waals surface area contributed by atoms with E-state index >= 15 is 0 Å². The van der Waals surface area contributed by atoms with Gasteiger partial charge in [0.05, 0.1) is 17.4 Å². The van der Waals surface area contributed by atoms with Crippen LogP contribution in [0.2, 0.25) is 0 Å². The number of anilines is 1. The zero-order chi connectivity index (χ0) is 14.0. The van der Waals surface area contributed by atoms with Gasteiger partial charge in [-0.15, -0.1) is 0 Å². The Bertz CT molecular complexity index is 721. The van der Waals surface area contributed by atoms with E-state index in [-0.39, 0.29) is 16.3 Å². The van der Waals surface area contributed by atoms with Crippen LogP contribution >= 0.6 is 0 Å². The normalized spacial score (nSPS) is 11.2. The number of nitrogens with one attached hydrogen (secondary N) is 2. The van der Waals surface area contributed by atoms with Crippen molar-refractivity contribution in [2.24, 2.45) is 5.73 Å². The van der Waals surface area contributed by atoms with Crippen LogP contribution in [0.3, 0.4) is 0 Å². The molecule has 1 amide bonds. The first-order valence-electron chi connectivity index (χ1n) is 5.33. The maximum atomic E-state index is 12.1. The van der Waals surface area contributed by atoms with Crippen LogP contribution in [-0.4, -0.2) is 24.3 Å². The third-order valence-electron chi connectivity index (χ3n) is 2.41. The van der Waals surface area contributed by atoms with Crippen LogP contribution in [0.15, 0.2) is 35.5 Å². The molecule has 0 aliphatic carbocycles. The summed E-state index contributed by atoms with van der Waals surface area (Å²) in [6, 6.07) is 6.10. The largest absolute Gasteiger partial charge is 0.366 e. The summed E-state index contributed by atoms with van der Waals surface area (Å²) in [5, 5.41) is -0.0794. The number of nitrogens with two attached hydrogens (primary N) is 1. The highest BCUT2D eigenvalue weighted by molar-refractivity contribution is 7.92. The Balaban J connectivity index is 2.39. The van der Waals surface area contributed by atoms with Gasteiger partial charge in [0, 0.05) is 0 Å². The number of aromatic nitrogens is 2. The van der Waals surface area contributed by atoms with Gasteiger partial charge in [0.15, 0.2) is 5.03 Å². The van der Waals surface area contributed by atoms with Crippen LogP contribution in [-0.2, 0) is 10.0 Å². The molecule has 100 valence electrons. The van der Waals surface area contributed by atoms with Crippen molar-refractivity contribution in [1.82, 2.24) is 9.97 Å². The lowest BCUT2D eigenvalue weighted by Crippen LogP contribution is -2.18. The van der Waals surface area contributed by atoms with Gasteiger partial charge in [-0.05, 0) is 19.1 Å². The molecule has 0 saturated heterocycles. The van der Waals surface area contributed by atoms with Gasteiger partial charge in [0.25, 0.3) is 15.9 Å². The quantitative estimate of drug-likeness (QED) is 0.760. The highest BCUT2D eigenvalue weighted by Gasteiger charge is 2.19. The Morgan fingerprint density at radius 2 is 2.05 bits per heavy atom. The molecule has 19 heavy (non-hydrogen) atoms. The smallest absolute Gasteiger partial charge is 0.279 e. The molecule has 2 rings (SSSR count). The van der Waals surface area contributed by atoms with Crippen LogP contribution in [0.25, 0.3) is 0 Å². The van der Waals surface area contributed by atoms with Crippen LogP contribution in [0, 0.1) is 6.92 Å². The van der Waals surface area contributed by atoms with E-state index in [4.69, 9.17) is 5.73 Å². The maximum Gasteiger partial charge on any atom is 0.279 e. The van der Waals surface area contributed by atoms with E-state index < -0.39 is 15.9 Å². The number of benzene rings is 1. The van der Waals surface area contributed by atoms with Crippen LogP contribution < -0.4 is 10.5 Å². The number of aromatic amines is 1. The number of H-pyrrole nitrogens is 1. The molecule has 1 heterocycles. The molecule has 0 aliphatic heterocycles. The lowest BCUT2D eigenvalue weighted by molar-refractivity contribution is 0.100. The molecule has 2 aromatic rings. The van der Waals surface area contributed by atoms with E-state index in [1.807, 2.05) is 0 Å². The van der Waals surface area contributed by atoms with Crippen molar-refractivity contribution < 1.29 is 13.2 Å². The molecule has 8 heteroatoms. The second kappa shape index (κ2) is 4.73. The highest BCUT2D eigenvalue weighted by Crippen LogP contribution is 2.18. The van der Waals surface area contributed by atoms with Gasteiger partial charge >= 0.3 is 0 Å². The van der Waals surface area contributed by atoms with Crippen molar-refractivity contribution in [1.29, 1.82) is 0 Å². The molecule has 0 radical (unpaired) electrons. The summed E-state index contributed by atoms with van der Waals surface area (Å²) >= 11 is 0. The van der Waals surface area contributed by atoms with E-state index in [0.29, 0.717) is 5.82 Å². The van der Waals surface area contributed by atoms with E-state index in [2.05, 4.69) is 14.7 Å². The van der Waals surface area contributed by atoms with Crippen molar-refractivity contribution in [2.45, 2.75) is 11.9 Å². The fourth-order valence-corrected chi connectivity index (χ4v) is 2.57. The number of carbonyl (C=O) groups excluding carboxylic acids is 1. The number of para-hydroxylation sites is 1. The SMILES string of the molecule is Cc1ncc(S(=O)(=O)Nc2ccccc2C(N)=O)[nH]1. The number of rotatable bonds is 4. The molecule has 0 unspecified atom stereocenters. The summed E-state index contributed by atoms with van der Waals surface area (Å²) in [6.07, 6.45) is 1.20. The van der Waals surface area contributed by atoms with Crippen molar-refractivity contribution in [3.05, 3.63) is 41.9 Å². The van der Waals surface area contributed by atoms with Crippen molar-refractivity contribution >= 4 is 21.6 Å². The lowest BCUT2D eigenvalue weighted by Gasteiger charge is -2.09. The van der Waals surface area contributed by atoms with Gasteiger partial charge in [-0.3, -0.25) is 9.52 Å². The minimum absolute atomic E-state index is 0.0794. The summed E-state index contributed by atoms with van der Waals surface area (Å²) in [4.78, 5) is 17.6. The van der Waals surface area contributed by atoms with Gasteiger partial charge in [-0.25, -0.2) is 4.98 Å².